The molecule has 0 atom stereocenters. The summed E-state index contributed by atoms with van der Waals surface area (Å²) in [5, 5.41) is 12.9. The van der Waals surface area contributed by atoms with E-state index in [4.69, 9.17) is 0 Å². The molecule has 0 bridgehead atoms. The van der Waals surface area contributed by atoms with Crippen molar-refractivity contribution in [2.75, 3.05) is 6.54 Å². The summed E-state index contributed by atoms with van der Waals surface area (Å²) in [7, 11) is 0. The highest BCUT2D eigenvalue weighted by Crippen LogP contribution is 2.27. The van der Waals surface area contributed by atoms with Crippen LogP contribution in [0.3, 0.4) is 0 Å². The fraction of sp³-hybridized carbons (Fsp3) is 0.636. The van der Waals surface area contributed by atoms with Crippen molar-refractivity contribution in [3.05, 3.63) is 18.2 Å². The van der Waals surface area contributed by atoms with E-state index in [1.54, 1.807) is 0 Å². The van der Waals surface area contributed by atoms with Gasteiger partial charge >= 0.3 is 0 Å². The van der Waals surface area contributed by atoms with Crippen molar-refractivity contribution >= 4 is 5.91 Å². The van der Waals surface area contributed by atoms with Crippen molar-refractivity contribution in [1.82, 2.24) is 15.3 Å². The van der Waals surface area contributed by atoms with Crippen LogP contribution in [-0.4, -0.2) is 33.1 Å². The second kappa shape index (κ2) is 4.65. The van der Waals surface area contributed by atoms with Gasteiger partial charge in [-0.3, -0.25) is 4.79 Å². The molecule has 1 heterocycles. The number of H-pyrrole nitrogens is 1. The van der Waals surface area contributed by atoms with Crippen LogP contribution < -0.4 is 5.32 Å². The molecule has 1 aliphatic carbocycles. The van der Waals surface area contributed by atoms with Gasteiger partial charge in [-0.1, -0.05) is 19.3 Å². The Balaban J connectivity index is 1.84. The highest BCUT2D eigenvalue weighted by atomic mass is 16.3. The van der Waals surface area contributed by atoms with E-state index >= 15 is 0 Å². The Labute approximate surface area is 94.3 Å². The molecule has 2 rings (SSSR count). The summed E-state index contributed by atoms with van der Waals surface area (Å²) in [6.07, 6.45) is 7.74. The van der Waals surface area contributed by atoms with Crippen molar-refractivity contribution in [1.29, 1.82) is 0 Å². The Bertz CT molecular complexity index is 342. The summed E-state index contributed by atoms with van der Waals surface area (Å²) in [5.41, 5.74) is -0.284. The maximum absolute atomic E-state index is 11.6. The Morgan fingerprint density at radius 1 is 1.50 bits per heavy atom. The number of hydrogen-bond donors (Lipinski definition) is 3. The highest BCUT2D eigenvalue weighted by Gasteiger charge is 2.29. The molecule has 5 heteroatoms. The van der Waals surface area contributed by atoms with Crippen molar-refractivity contribution in [2.24, 2.45) is 0 Å². The molecule has 16 heavy (non-hydrogen) atoms. The molecule has 88 valence electrons. The molecule has 0 aliphatic heterocycles. The number of aliphatic hydroxyl groups is 1. The predicted molar refractivity (Wildman–Crippen MR) is 59.0 cm³/mol. The fourth-order valence-electron chi connectivity index (χ4n) is 2.11. The molecule has 1 aromatic rings. The number of hydrogen-bond acceptors (Lipinski definition) is 3. The molecule has 1 aromatic heterocycles. The minimum atomic E-state index is -0.714. The minimum absolute atomic E-state index is 0.212. The zero-order valence-corrected chi connectivity index (χ0v) is 9.20. The molecule has 3 N–H and O–H groups in total. The molecule has 1 saturated carbocycles. The lowest BCUT2D eigenvalue weighted by Gasteiger charge is -2.31. The maximum Gasteiger partial charge on any atom is 0.269 e. The van der Waals surface area contributed by atoms with Gasteiger partial charge < -0.3 is 15.4 Å². The Morgan fingerprint density at radius 2 is 2.25 bits per heavy atom. The van der Waals surface area contributed by atoms with Crippen LogP contribution in [0.4, 0.5) is 0 Å². The molecular formula is C11H17N3O2. The SMILES string of the molecule is O=C(NCC1(O)CCCCC1)c1cnc[nH]1. The highest BCUT2D eigenvalue weighted by molar-refractivity contribution is 5.91. The van der Waals surface area contributed by atoms with E-state index in [0.717, 1.165) is 25.7 Å². The molecule has 0 unspecified atom stereocenters. The summed E-state index contributed by atoms with van der Waals surface area (Å²) in [5.74, 6) is -0.212. The zero-order chi connectivity index (χ0) is 11.4. The lowest BCUT2D eigenvalue weighted by molar-refractivity contribution is 0.00521. The van der Waals surface area contributed by atoms with Crippen molar-refractivity contribution in [3.63, 3.8) is 0 Å². The molecule has 0 aromatic carbocycles. The van der Waals surface area contributed by atoms with E-state index in [2.05, 4.69) is 15.3 Å². The van der Waals surface area contributed by atoms with Gasteiger partial charge in [0.1, 0.15) is 5.69 Å². The quantitative estimate of drug-likeness (QED) is 0.710. The van der Waals surface area contributed by atoms with Crippen LogP contribution in [0, 0.1) is 0 Å². The number of aromatic amines is 1. The van der Waals surface area contributed by atoms with E-state index in [1.807, 2.05) is 0 Å². The molecule has 1 fully saturated rings. The van der Waals surface area contributed by atoms with Gasteiger partial charge in [-0.2, -0.15) is 0 Å². The number of carbonyl (C=O) groups is 1. The van der Waals surface area contributed by atoms with Crippen LogP contribution in [0.25, 0.3) is 0 Å². The van der Waals surface area contributed by atoms with Gasteiger partial charge in [-0.25, -0.2) is 4.98 Å². The monoisotopic (exact) mass is 223 g/mol. The number of rotatable bonds is 3. The average molecular weight is 223 g/mol. The third kappa shape index (κ3) is 2.61. The van der Waals surface area contributed by atoms with Crippen LogP contribution in [-0.2, 0) is 0 Å². The third-order valence-electron chi connectivity index (χ3n) is 3.11. The minimum Gasteiger partial charge on any atom is -0.388 e. The van der Waals surface area contributed by atoms with Gasteiger partial charge in [0.05, 0.1) is 18.1 Å². The average Bonchev–Trinajstić information content (AvgIpc) is 2.80. The van der Waals surface area contributed by atoms with Gasteiger partial charge in [-0.05, 0) is 12.8 Å². The first-order valence-electron chi connectivity index (χ1n) is 5.69. The largest absolute Gasteiger partial charge is 0.388 e. The molecule has 5 nitrogen and oxygen atoms in total. The van der Waals surface area contributed by atoms with Crippen molar-refractivity contribution in [3.8, 4) is 0 Å². The first kappa shape index (κ1) is 11.1. The fourth-order valence-corrected chi connectivity index (χ4v) is 2.11. The lowest BCUT2D eigenvalue weighted by Crippen LogP contribution is -2.44. The number of carbonyl (C=O) groups excluding carboxylic acids is 1. The second-order valence-electron chi connectivity index (χ2n) is 4.43. The van der Waals surface area contributed by atoms with Gasteiger partial charge in [0, 0.05) is 6.54 Å². The first-order valence-corrected chi connectivity index (χ1v) is 5.69. The molecule has 0 saturated heterocycles. The summed E-state index contributed by atoms with van der Waals surface area (Å²) >= 11 is 0. The summed E-state index contributed by atoms with van der Waals surface area (Å²) in [4.78, 5) is 18.1. The van der Waals surface area contributed by atoms with Crippen LogP contribution in [0.2, 0.25) is 0 Å². The van der Waals surface area contributed by atoms with E-state index in [0.29, 0.717) is 12.2 Å². The topological polar surface area (TPSA) is 78.0 Å². The Kier molecular flexibility index (Phi) is 3.24. The predicted octanol–water partition coefficient (Wildman–Crippen LogP) is 0.835. The molecule has 0 radical (unpaired) electrons. The van der Waals surface area contributed by atoms with Crippen LogP contribution in [0.5, 0.6) is 0 Å². The van der Waals surface area contributed by atoms with Crippen molar-refractivity contribution in [2.45, 2.75) is 37.7 Å². The second-order valence-corrected chi connectivity index (χ2v) is 4.43. The Hall–Kier alpha value is -1.36. The molecule has 1 aliphatic rings. The summed E-state index contributed by atoms with van der Waals surface area (Å²) in [6.45, 7) is 0.324. The van der Waals surface area contributed by atoms with Gasteiger partial charge in [0.15, 0.2) is 0 Å². The van der Waals surface area contributed by atoms with Crippen LogP contribution in [0.1, 0.15) is 42.6 Å². The molecular weight excluding hydrogens is 206 g/mol. The third-order valence-corrected chi connectivity index (χ3v) is 3.11. The van der Waals surface area contributed by atoms with Gasteiger partial charge in [-0.15, -0.1) is 0 Å². The van der Waals surface area contributed by atoms with Gasteiger partial charge in [0.25, 0.3) is 5.91 Å². The van der Waals surface area contributed by atoms with E-state index in [-0.39, 0.29) is 5.91 Å². The van der Waals surface area contributed by atoms with E-state index in [9.17, 15) is 9.90 Å². The number of imidazole rings is 1. The number of nitrogens with one attached hydrogen (secondary N) is 2. The van der Waals surface area contributed by atoms with Crippen LogP contribution in [0.15, 0.2) is 12.5 Å². The lowest BCUT2D eigenvalue weighted by atomic mass is 9.85. The summed E-state index contributed by atoms with van der Waals surface area (Å²) in [6, 6.07) is 0. The number of aromatic nitrogens is 2. The van der Waals surface area contributed by atoms with E-state index < -0.39 is 5.60 Å². The molecule has 0 spiro atoms. The Morgan fingerprint density at radius 3 is 2.88 bits per heavy atom. The summed E-state index contributed by atoms with van der Waals surface area (Å²) < 4.78 is 0. The normalized spacial score (nSPS) is 19.3. The number of amides is 1. The standard InChI is InChI=1S/C11H17N3O2/c15-10(9-6-12-8-14-9)13-7-11(16)4-2-1-3-5-11/h6,8,16H,1-5,7H2,(H,12,14)(H,13,15). The van der Waals surface area contributed by atoms with Gasteiger partial charge in [0.2, 0.25) is 0 Å². The van der Waals surface area contributed by atoms with Crippen LogP contribution >= 0.6 is 0 Å². The van der Waals surface area contributed by atoms with Crippen molar-refractivity contribution < 1.29 is 9.90 Å². The first-order chi connectivity index (χ1) is 7.70. The van der Waals surface area contributed by atoms with E-state index in [1.165, 1.54) is 18.9 Å². The smallest absolute Gasteiger partial charge is 0.269 e. The number of nitrogens with zero attached hydrogens (tertiary/aromatic N) is 1. The maximum atomic E-state index is 11.6. The molecule has 1 amide bonds. The zero-order valence-electron chi connectivity index (χ0n) is 9.20.